The van der Waals surface area contributed by atoms with E-state index >= 15 is 0 Å². The normalized spacial score (nSPS) is 17.1. The van der Waals surface area contributed by atoms with Crippen molar-refractivity contribution in [3.05, 3.63) is 82.4 Å². The zero-order valence-corrected chi connectivity index (χ0v) is 21.7. The van der Waals surface area contributed by atoms with E-state index in [9.17, 15) is 0 Å². The molecule has 0 saturated carbocycles. The molecule has 1 atom stereocenters. The summed E-state index contributed by atoms with van der Waals surface area (Å²) >= 11 is 0. The summed E-state index contributed by atoms with van der Waals surface area (Å²) in [6, 6.07) is 17.9. The summed E-state index contributed by atoms with van der Waals surface area (Å²) in [6.45, 7) is 11.5. The molecular weight excluding hydrogens is 436 g/mol. The molecular formula is C30H38N2O3. The van der Waals surface area contributed by atoms with Crippen molar-refractivity contribution in [3.8, 4) is 17.2 Å². The molecule has 186 valence electrons. The third-order valence-electron chi connectivity index (χ3n) is 7.02. The Morgan fingerprint density at radius 3 is 2.37 bits per heavy atom. The van der Waals surface area contributed by atoms with E-state index in [2.05, 4.69) is 51.8 Å². The number of likely N-dealkylation sites (N-methyl/N-ethyl adjacent to an activating group) is 1. The molecule has 0 spiro atoms. The van der Waals surface area contributed by atoms with Gasteiger partial charge < -0.3 is 19.9 Å². The van der Waals surface area contributed by atoms with Crippen LogP contribution in [0.25, 0.3) is 0 Å². The van der Waals surface area contributed by atoms with Gasteiger partial charge >= 0.3 is 0 Å². The number of hydrogen-bond donors (Lipinski definition) is 1. The monoisotopic (exact) mass is 474 g/mol. The van der Waals surface area contributed by atoms with Crippen LogP contribution >= 0.6 is 0 Å². The second kappa shape index (κ2) is 10.6. The zero-order valence-electron chi connectivity index (χ0n) is 21.7. The van der Waals surface area contributed by atoms with Crippen molar-refractivity contribution in [2.75, 3.05) is 32.5 Å². The van der Waals surface area contributed by atoms with Gasteiger partial charge in [0, 0.05) is 24.3 Å². The number of nitrogens with zero attached hydrogens (tertiary/aromatic N) is 1. The molecule has 3 aromatic carbocycles. The molecule has 0 saturated heterocycles. The Kier molecular flexibility index (Phi) is 7.56. The lowest BCUT2D eigenvalue weighted by atomic mass is 9.87. The lowest BCUT2D eigenvalue weighted by Gasteiger charge is -2.40. The highest BCUT2D eigenvalue weighted by molar-refractivity contribution is 5.59. The molecule has 3 aromatic rings. The average molecular weight is 475 g/mol. The molecule has 1 aliphatic heterocycles. The van der Waals surface area contributed by atoms with Crippen LogP contribution in [0.3, 0.4) is 0 Å². The molecule has 5 nitrogen and oxygen atoms in total. The minimum absolute atomic E-state index is 0.251. The van der Waals surface area contributed by atoms with Crippen LogP contribution in [0.4, 0.5) is 5.69 Å². The Hall–Kier alpha value is -3.18. The van der Waals surface area contributed by atoms with Gasteiger partial charge in [-0.05, 0) is 94.1 Å². The van der Waals surface area contributed by atoms with E-state index in [1.807, 2.05) is 42.5 Å². The van der Waals surface area contributed by atoms with Gasteiger partial charge in [0.1, 0.15) is 36.1 Å². The van der Waals surface area contributed by atoms with Crippen molar-refractivity contribution in [1.29, 1.82) is 0 Å². The van der Waals surface area contributed by atoms with Crippen molar-refractivity contribution in [2.45, 2.75) is 52.7 Å². The molecule has 5 heteroatoms. The largest absolute Gasteiger partial charge is 0.492 e. The van der Waals surface area contributed by atoms with E-state index in [4.69, 9.17) is 19.9 Å². The molecule has 4 rings (SSSR count). The summed E-state index contributed by atoms with van der Waals surface area (Å²) in [5, 5.41) is 0. The molecule has 2 N–H and O–H groups in total. The van der Waals surface area contributed by atoms with Crippen molar-refractivity contribution >= 4 is 5.69 Å². The van der Waals surface area contributed by atoms with E-state index in [1.54, 1.807) is 0 Å². The van der Waals surface area contributed by atoms with Gasteiger partial charge in [-0.1, -0.05) is 30.3 Å². The number of hydrogen-bond acceptors (Lipinski definition) is 5. The lowest BCUT2D eigenvalue weighted by Crippen LogP contribution is -2.47. The van der Waals surface area contributed by atoms with E-state index in [0.717, 1.165) is 54.4 Å². The number of anilines is 1. The van der Waals surface area contributed by atoms with Gasteiger partial charge in [0.25, 0.3) is 0 Å². The fraction of sp³-hybridized carbons (Fsp3) is 0.400. The Morgan fingerprint density at radius 2 is 1.66 bits per heavy atom. The summed E-state index contributed by atoms with van der Waals surface area (Å²) in [7, 11) is 2.13. The first-order valence-corrected chi connectivity index (χ1v) is 12.4. The second-order valence-corrected chi connectivity index (χ2v) is 9.99. The summed E-state index contributed by atoms with van der Waals surface area (Å²) in [5.74, 6) is 2.87. The third-order valence-corrected chi connectivity index (χ3v) is 7.02. The van der Waals surface area contributed by atoms with Crippen LogP contribution in [0.15, 0.2) is 54.6 Å². The molecule has 0 aromatic heterocycles. The molecule has 1 aliphatic rings. The number of nitrogens with two attached hydrogens (primary N) is 1. The minimum Gasteiger partial charge on any atom is -0.492 e. The van der Waals surface area contributed by atoms with Crippen LogP contribution in [0.2, 0.25) is 0 Å². The lowest BCUT2D eigenvalue weighted by molar-refractivity contribution is 0.0286. The summed E-state index contributed by atoms with van der Waals surface area (Å²) in [6.07, 6.45) is 1.95. The minimum atomic E-state index is -0.251. The number of rotatable bonds is 9. The van der Waals surface area contributed by atoms with Crippen LogP contribution in [0.5, 0.6) is 17.2 Å². The standard InChI is InChI=1S/C30H38N2O3/c1-21-22(2)29-27(23(3)28(21)34-19-24-9-7-6-8-10-24)15-16-30(4,35-29)20-32(5)17-18-33-26-13-11-25(31)12-14-26/h6-14H,15-20,31H2,1-5H3. The van der Waals surface area contributed by atoms with E-state index in [-0.39, 0.29) is 5.60 Å². The van der Waals surface area contributed by atoms with Gasteiger partial charge in [-0.15, -0.1) is 0 Å². The van der Waals surface area contributed by atoms with Crippen LogP contribution in [0.1, 0.15) is 41.2 Å². The van der Waals surface area contributed by atoms with E-state index < -0.39 is 0 Å². The molecule has 0 fully saturated rings. The number of fused-ring (bicyclic) bond motifs is 1. The van der Waals surface area contributed by atoms with Crippen molar-refractivity contribution < 1.29 is 14.2 Å². The summed E-state index contributed by atoms with van der Waals surface area (Å²) < 4.78 is 18.9. The average Bonchev–Trinajstić information content (AvgIpc) is 2.84. The summed E-state index contributed by atoms with van der Waals surface area (Å²) in [5.41, 5.74) is 12.2. The zero-order chi connectivity index (χ0) is 25.0. The topological polar surface area (TPSA) is 57.0 Å². The van der Waals surface area contributed by atoms with Crippen LogP contribution in [0, 0.1) is 20.8 Å². The summed E-state index contributed by atoms with van der Waals surface area (Å²) in [4.78, 5) is 2.29. The Balaban J connectivity index is 1.40. The number of ether oxygens (including phenoxy) is 3. The third kappa shape index (κ3) is 5.91. The van der Waals surface area contributed by atoms with Crippen LogP contribution < -0.4 is 19.9 Å². The highest BCUT2D eigenvalue weighted by atomic mass is 16.5. The Bertz CT molecular complexity index is 1140. The van der Waals surface area contributed by atoms with E-state index in [1.165, 1.54) is 22.3 Å². The highest BCUT2D eigenvalue weighted by Gasteiger charge is 2.35. The fourth-order valence-electron chi connectivity index (χ4n) is 4.87. The van der Waals surface area contributed by atoms with Gasteiger partial charge in [-0.3, -0.25) is 4.90 Å². The number of benzene rings is 3. The van der Waals surface area contributed by atoms with Crippen molar-refractivity contribution in [2.24, 2.45) is 0 Å². The van der Waals surface area contributed by atoms with Gasteiger partial charge in [-0.2, -0.15) is 0 Å². The Labute approximate surface area is 209 Å². The maximum absolute atomic E-state index is 6.73. The maximum Gasteiger partial charge on any atom is 0.127 e. The molecule has 0 amide bonds. The van der Waals surface area contributed by atoms with Crippen LogP contribution in [-0.2, 0) is 13.0 Å². The first-order chi connectivity index (χ1) is 16.8. The predicted octanol–water partition coefficient (Wildman–Crippen LogP) is 5.87. The van der Waals surface area contributed by atoms with Gasteiger partial charge in [0.05, 0.1) is 0 Å². The van der Waals surface area contributed by atoms with Gasteiger partial charge in [0.15, 0.2) is 0 Å². The molecule has 0 aliphatic carbocycles. The smallest absolute Gasteiger partial charge is 0.127 e. The Morgan fingerprint density at radius 1 is 0.943 bits per heavy atom. The molecule has 0 bridgehead atoms. The first kappa shape index (κ1) is 24.9. The molecule has 35 heavy (non-hydrogen) atoms. The van der Waals surface area contributed by atoms with Crippen molar-refractivity contribution in [1.82, 2.24) is 4.90 Å². The maximum atomic E-state index is 6.73. The molecule has 1 heterocycles. The van der Waals surface area contributed by atoms with Gasteiger partial charge in [-0.25, -0.2) is 0 Å². The highest BCUT2D eigenvalue weighted by Crippen LogP contribution is 2.44. The van der Waals surface area contributed by atoms with Crippen molar-refractivity contribution in [3.63, 3.8) is 0 Å². The molecule has 1 unspecified atom stereocenters. The van der Waals surface area contributed by atoms with E-state index in [0.29, 0.717) is 13.2 Å². The second-order valence-electron chi connectivity index (χ2n) is 9.99. The van der Waals surface area contributed by atoms with Crippen LogP contribution in [-0.4, -0.2) is 37.2 Å². The van der Waals surface area contributed by atoms with Gasteiger partial charge in [0.2, 0.25) is 0 Å². The SMILES string of the molecule is Cc1c(C)c2c(c(C)c1OCc1ccccc1)CCC(C)(CN(C)CCOc1ccc(N)cc1)O2. The predicted molar refractivity (Wildman–Crippen MR) is 143 cm³/mol. The fourth-order valence-corrected chi connectivity index (χ4v) is 4.87. The number of nitrogen functional groups attached to an aromatic ring is 1. The first-order valence-electron chi connectivity index (χ1n) is 12.4. The molecule has 0 radical (unpaired) electrons. The quantitative estimate of drug-likeness (QED) is 0.393.